The van der Waals surface area contributed by atoms with Gasteiger partial charge in [0.2, 0.25) is 0 Å². The van der Waals surface area contributed by atoms with E-state index in [1.54, 1.807) is 0 Å². The van der Waals surface area contributed by atoms with Crippen LogP contribution in [0.1, 0.15) is 28.2 Å². The third kappa shape index (κ3) is 1.69. The van der Waals surface area contributed by atoms with Gasteiger partial charge in [-0.1, -0.05) is 6.07 Å². The number of Topliss-reactive ketones (excluding diaryl/α,β-unsaturated/α-hetero) is 1. The number of ketones is 1. The van der Waals surface area contributed by atoms with Crippen molar-refractivity contribution in [2.45, 2.75) is 19.3 Å². The maximum Gasteiger partial charge on any atom is 0.174 e. The number of carbonyl (C=O) groups excluding carboxylic acids is 1. The molecule has 5 heteroatoms. The minimum atomic E-state index is 0.230. The fraction of sp³-hybridized carbons (Fsp3) is 0.214. The summed E-state index contributed by atoms with van der Waals surface area (Å²) in [6.45, 7) is 0. The maximum absolute atomic E-state index is 11.8. The Morgan fingerprint density at radius 2 is 2.16 bits per heavy atom. The van der Waals surface area contributed by atoms with E-state index in [-0.39, 0.29) is 5.78 Å². The van der Waals surface area contributed by atoms with Gasteiger partial charge in [0.25, 0.3) is 0 Å². The van der Waals surface area contributed by atoms with Gasteiger partial charge >= 0.3 is 0 Å². The lowest BCUT2D eigenvalue weighted by Gasteiger charge is -2.06. The quantitative estimate of drug-likeness (QED) is 0.682. The second-order valence-corrected chi connectivity index (χ2v) is 5.66. The van der Waals surface area contributed by atoms with Crippen LogP contribution in [0.3, 0.4) is 0 Å². The number of nitrogens with zero attached hydrogens (tertiary/aromatic N) is 3. The van der Waals surface area contributed by atoms with Crippen molar-refractivity contribution in [3.05, 3.63) is 41.2 Å². The van der Waals surface area contributed by atoms with Crippen LogP contribution in [0.4, 0.5) is 0 Å². The average molecular weight is 269 g/mol. The maximum atomic E-state index is 11.8. The van der Waals surface area contributed by atoms with Gasteiger partial charge in [0.1, 0.15) is 16.3 Å². The van der Waals surface area contributed by atoms with Crippen LogP contribution in [-0.4, -0.2) is 20.2 Å². The van der Waals surface area contributed by atoms with Crippen LogP contribution >= 0.6 is 11.3 Å². The highest BCUT2D eigenvalue weighted by molar-refractivity contribution is 7.17. The van der Waals surface area contributed by atoms with Crippen molar-refractivity contribution in [1.29, 1.82) is 0 Å². The van der Waals surface area contributed by atoms with Gasteiger partial charge in [0.15, 0.2) is 5.78 Å². The number of hydrogen-bond acceptors (Lipinski definition) is 4. The van der Waals surface area contributed by atoms with Crippen LogP contribution in [0.15, 0.2) is 30.6 Å². The van der Waals surface area contributed by atoms with E-state index in [1.165, 1.54) is 11.3 Å². The third-order valence-electron chi connectivity index (χ3n) is 3.35. The zero-order chi connectivity index (χ0) is 12.8. The highest BCUT2D eigenvalue weighted by Gasteiger charge is 2.23. The Kier molecular flexibility index (Phi) is 2.29. The van der Waals surface area contributed by atoms with Crippen molar-refractivity contribution in [3.8, 4) is 10.7 Å². The number of thiazole rings is 1. The molecule has 0 atom stereocenters. The summed E-state index contributed by atoms with van der Waals surface area (Å²) < 4.78 is 1.97. The van der Waals surface area contributed by atoms with Crippen LogP contribution < -0.4 is 0 Å². The summed E-state index contributed by atoms with van der Waals surface area (Å²) in [4.78, 5) is 21.8. The van der Waals surface area contributed by atoms with Crippen LogP contribution in [0.2, 0.25) is 0 Å². The van der Waals surface area contributed by atoms with E-state index >= 15 is 0 Å². The smallest absolute Gasteiger partial charge is 0.174 e. The van der Waals surface area contributed by atoms with Crippen LogP contribution in [-0.2, 0) is 6.42 Å². The molecule has 1 aliphatic rings. The number of fused-ring (bicyclic) bond motifs is 2. The van der Waals surface area contributed by atoms with E-state index in [9.17, 15) is 4.79 Å². The van der Waals surface area contributed by atoms with E-state index in [4.69, 9.17) is 0 Å². The van der Waals surface area contributed by atoms with Crippen LogP contribution in [0.25, 0.3) is 16.3 Å². The first-order valence-electron chi connectivity index (χ1n) is 6.28. The summed E-state index contributed by atoms with van der Waals surface area (Å²) in [6, 6.07) is 5.89. The van der Waals surface area contributed by atoms with Gasteiger partial charge in [0.05, 0.1) is 10.6 Å². The molecule has 0 saturated carbocycles. The van der Waals surface area contributed by atoms with Crippen LogP contribution in [0.5, 0.6) is 0 Å². The molecule has 0 aliphatic heterocycles. The number of aromatic nitrogens is 3. The zero-order valence-corrected chi connectivity index (χ0v) is 11.0. The number of pyridine rings is 1. The lowest BCUT2D eigenvalue weighted by Crippen LogP contribution is -2.07. The predicted octanol–water partition coefficient (Wildman–Crippen LogP) is 2.98. The fourth-order valence-corrected chi connectivity index (χ4v) is 3.45. The molecule has 0 bridgehead atoms. The molecule has 1 aliphatic carbocycles. The number of rotatable bonds is 1. The molecular weight excluding hydrogens is 258 g/mol. The Balaban J connectivity index is 1.86. The van der Waals surface area contributed by atoms with E-state index in [0.29, 0.717) is 6.42 Å². The van der Waals surface area contributed by atoms with Crippen molar-refractivity contribution >= 4 is 22.8 Å². The molecule has 0 amide bonds. The van der Waals surface area contributed by atoms with Crippen molar-refractivity contribution < 1.29 is 4.79 Å². The minimum Gasteiger partial charge on any atom is -0.306 e. The molecule has 4 nitrogen and oxygen atoms in total. The summed E-state index contributed by atoms with van der Waals surface area (Å²) in [5, 5.41) is 0.851. The first kappa shape index (κ1) is 10.9. The van der Waals surface area contributed by atoms with Gasteiger partial charge in [-0.15, -0.1) is 11.3 Å². The Bertz CT molecular complexity index is 754. The van der Waals surface area contributed by atoms with Crippen molar-refractivity contribution in [1.82, 2.24) is 14.4 Å². The number of aryl methyl sites for hydroxylation is 1. The summed E-state index contributed by atoms with van der Waals surface area (Å²) in [6.07, 6.45) is 6.40. The molecule has 0 saturated heterocycles. The molecule has 19 heavy (non-hydrogen) atoms. The predicted molar refractivity (Wildman–Crippen MR) is 73.6 cm³/mol. The van der Waals surface area contributed by atoms with Gasteiger partial charge in [-0.25, -0.2) is 9.97 Å². The minimum absolute atomic E-state index is 0.230. The summed E-state index contributed by atoms with van der Waals surface area (Å²) in [5.74, 6) is 0.230. The summed E-state index contributed by atoms with van der Waals surface area (Å²) in [7, 11) is 0. The Morgan fingerprint density at radius 1 is 1.21 bits per heavy atom. The molecule has 94 valence electrons. The largest absolute Gasteiger partial charge is 0.306 e. The number of imidazole rings is 1. The number of carbonyl (C=O) groups is 1. The second kappa shape index (κ2) is 3.99. The SMILES string of the molecule is O=C1CCCc2nc(-c3cn4ccccc4n3)sc21. The monoisotopic (exact) mass is 269 g/mol. The Morgan fingerprint density at radius 3 is 3.00 bits per heavy atom. The Hall–Kier alpha value is -2.01. The highest BCUT2D eigenvalue weighted by Crippen LogP contribution is 2.32. The molecule has 3 aromatic heterocycles. The molecule has 0 aromatic carbocycles. The average Bonchev–Trinajstić information content (AvgIpc) is 3.02. The topological polar surface area (TPSA) is 47.3 Å². The molecule has 0 fully saturated rings. The van der Waals surface area contributed by atoms with Crippen molar-refractivity contribution in [2.75, 3.05) is 0 Å². The molecule has 0 N–H and O–H groups in total. The fourth-order valence-electron chi connectivity index (χ4n) is 2.42. The van der Waals surface area contributed by atoms with Gasteiger partial charge in [-0.3, -0.25) is 4.79 Å². The standard InChI is InChI=1S/C14H11N3OS/c18-11-5-3-4-9-13(11)19-14(16-9)10-8-17-7-2-1-6-12(17)15-10/h1-2,6-8H,3-5H2. The van der Waals surface area contributed by atoms with E-state index < -0.39 is 0 Å². The Labute approximate surface area is 113 Å². The first-order chi connectivity index (χ1) is 9.31. The second-order valence-electron chi connectivity index (χ2n) is 4.66. The van der Waals surface area contributed by atoms with Crippen molar-refractivity contribution in [3.63, 3.8) is 0 Å². The first-order valence-corrected chi connectivity index (χ1v) is 7.10. The van der Waals surface area contributed by atoms with E-state index in [2.05, 4.69) is 9.97 Å². The van der Waals surface area contributed by atoms with Crippen molar-refractivity contribution in [2.24, 2.45) is 0 Å². The van der Waals surface area contributed by atoms with Gasteiger partial charge in [-0.2, -0.15) is 0 Å². The molecule has 3 aromatic rings. The van der Waals surface area contributed by atoms with Crippen LogP contribution in [0, 0.1) is 0 Å². The summed E-state index contributed by atoms with van der Waals surface area (Å²) >= 11 is 1.48. The summed E-state index contributed by atoms with van der Waals surface area (Å²) in [5.41, 5.74) is 2.70. The normalized spacial score (nSPS) is 14.8. The van der Waals surface area contributed by atoms with E-state index in [0.717, 1.165) is 39.8 Å². The third-order valence-corrected chi connectivity index (χ3v) is 4.51. The van der Waals surface area contributed by atoms with Gasteiger partial charge in [-0.05, 0) is 25.0 Å². The van der Waals surface area contributed by atoms with Gasteiger partial charge < -0.3 is 4.40 Å². The number of hydrogen-bond donors (Lipinski definition) is 0. The molecule has 3 heterocycles. The molecular formula is C14H11N3OS. The van der Waals surface area contributed by atoms with E-state index in [1.807, 2.05) is 35.0 Å². The zero-order valence-electron chi connectivity index (χ0n) is 10.2. The highest BCUT2D eigenvalue weighted by atomic mass is 32.1. The lowest BCUT2D eigenvalue weighted by molar-refractivity contribution is 0.0976. The lowest BCUT2D eigenvalue weighted by atomic mass is 10.0. The molecule has 4 rings (SSSR count). The molecule has 0 spiro atoms. The van der Waals surface area contributed by atoms with Gasteiger partial charge in [0, 0.05) is 18.8 Å². The molecule has 0 radical (unpaired) electrons. The molecule has 0 unspecified atom stereocenters.